The largest absolute Gasteiger partial charge is 0.476 e. The van der Waals surface area contributed by atoms with Gasteiger partial charge in [0, 0.05) is 50.9 Å². The molecule has 1 amide bonds. The Morgan fingerprint density at radius 2 is 2.05 bits per heavy atom. The Kier molecular flexibility index (Phi) is 4.72. The fraction of sp³-hybridized carbons (Fsp3) is 0.615. The molecule has 6 nitrogen and oxygen atoms in total. The van der Waals surface area contributed by atoms with Crippen LogP contribution in [0.5, 0.6) is 0 Å². The van der Waals surface area contributed by atoms with Gasteiger partial charge in [-0.3, -0.25) is 9.69 Å². The molecule has 1 fully saturated rings. The number of aromatic nitrogens is 1. The first-order valence-corrected chi connectivity index (χ1v) is 7.52. The lowest BCUT2D eigenvalue weighted by atomic mass is 10.1. The van der Waals surface area contributed by atoms with E-state index >= 15 is 0 Å². The third-order valence-electron chi connectivity index (χ3n) is 3.51. The zero-order chi connectivity index (χ0) is 14.7. The lowest BCUT2D eigenvalue weighted by Crippen LogP contribution is -2.48. The number of aromatic carboxylic acids is 1. The number of hydrogen-bond donors (Lipinski definition) is 1. The van der Waals surface area contributed by atoms with Gasteiger partial charge in [0.25, 0.3) is 0 Å². The van der Waals surface area contributed by atoms with Gasteiger partial charge in [-0.15, -0.1) is 11.3 Å². The average Bonchev–Trinajstić information content (AvgIpc) is 2.89. The van der Waals surface area contributed by atoms with Gasteiger partial charge in [0.05, 0.1) is 5.01 Å². The van der Waals surface area contributed by atoms with Crippen molar-refractivity contribution in [2.24, 2.45) is 0 Å². The smallest absolute Gasteiger partial charge is 0.355 e. The molecule has 1 N–H and O–H groups in total. The van der Waals surface area contributed by atoms with Crippen molar-refractivity contribution in [3.63, 3.8) is 0 Å². The van der Waals surface area contributed by atoms with Crippen LogP contribution in [0.1, 0.15) is 35.3 Å². The van der Waals surface area contributed by atoms with E-state index in [4.69, 9.17) is 5.11 Å². The number of hydrogen-bond acceptors (Lipinski definition) is 5. The summed E-state index contributed by atoms with van der Waals surface area (Å²) in [4.78, 5) is 30.4. The molecule has 1 saturated heterocycles. The second-order valence-electron chi connectivity index (χ2n) is 5.08. The van der Waals surface area contributed by atoms with Crippen molar-refractivity contribution >= 4 is 23.2 Å². The van der Waals surface area contributed by atoms with Crippen LogP contribution in [-0.2, 0) is 4.79 Å². The molecule has 1 aromatic rings. The molecule has 1 atom stereocenters. The van der Waals surface area contributed by atoms with Crippen LogP contribution < -0.4 is 0 Å². The molecule has 1 aromatic heterocycles. The highest BCUT2D eigenvalue weighted by atomic mass is 32.1. The predicted octanol–water partition coefficient (Wildman–Crippen LogP) is 1.11. The molecular weight excluding hydrogens is 278 g/mol. The van der Waals surface area contributed by atoms with E-state index in [1.807, 2.05) is 4.90 Å². The standard InChI is InChI=1S/C13H19N3O3S/c1-9(12-14-11(8-20-12)13(18)19)7-15-3-5-16(6-4-15)10(2)17/h8-9H,3-7H2,1-2H3,(H,18,19). The van der Waals surface area contributed by atoms with Crippen LogP contribution in [-0.4, -0.2) is 64.5 Å². The number of carbonyl (C=O) groups excluding carboxylic acids is 1. The molecule has 0 aromatic carbocycles. The van der Waals surface area contributed by atoms with Crippen molar-refractivity contribution in [2.45, 2.75) is 19.8 Å². The van der Waals surface area contributed by atoms with Crippen molar-refractivity contribution in [3.8, 4) is 0 Å². The lowest BCUT2D eigenvalue weighted by molar-refractivity contribution is -0.130. The number of carbonyl (C=O) groups is 2. The van der Waals surface area contributed by atoms with Crippen LogP contribution in [0.3, 0.4) is 0 Å². The fourth-order valence-corrected chi connectivity index (χ4v) is 3.17. The van der Waals surface area contributed by atoms with Crippen LogP contribution >= 0.6 is 11.3 Å². The number of piperazine rings is 1. The molecule has 2 rings (SSSR count). The van der Waals surface area contributed by atoms with E-state index in [1.165, 1.54) is 11.3 Å². The summed E-state index contributed by atoms with van der Waals surface area (Å²) in [6.45, 7) is 7.75. The van der Waals surface area contributed by atoms with Crippen molar-refractivity contribution in [3.05, 3.63) is 16.1 Å². The molecule has 1 unspecified atom stereocenters. The van der Waals surface area contributed by atoms with Crippen LogP contribution in [0.25, 0.3) is 0 Å². The third-order valence-corrected chi connectivity index (χ3v) is 4.59. The van der Waals surface area contributed by atoms with E-state index in [0.717, 1.165) is 37.7 Å². The number of amides is 1. The van der Waals surface area contributed by atoms with Gasteiger partial charge in [0.15, 0.2) is 5.69 Å². The zero-order valence-corrected chi connectivity index (χ0v) is 12.5. The Bertz CT molecular complexity index is 495. The van der Waals surface area contributed by atoms with E-state index in [1.54, 1.807) is 12.3 Å². The summed E-state index contributed by atoms with van der Waals surface area (Å²) in [7, 11) is 0. The maximum absolute atomic E-state index is 11.3. The summed E-state index contributed by atoms with van der Waals surface area (Å²) in [5.74, 6) is -0.643. The van der Waals surface area contributed by atoms with E-state index < -0.39 is 5.97 Å². The minimum atomic E-state index is -0.977. The van der Waals surface area contributed by atoms with E-state index in [9.17, 15) is 9.59 Å². The summed E-state index contributed by atoms with van der Waals surface area (Å²) >= 11 is 1.40. The Labute approximate surface area is 122 Å². The normalized spacial score (nSPS) is 18.0. The molecule has 7 heteroatoms. The topological polar surface area (TPSA) is 73.7 Å². The first kappa shape index (κ1) is 14.9. The summed E-state index contributed by atoms with van der Waals surface area (Å²) < 4.78 is 0. The minimum Gasteiger partial charge on any atom is -0.476 e. The quantitative estimate of drug-likeness (QED) is 0.901. The van der Waals surface area contributed by atoms with Crippen LogP contribution in [0, 0.1) is 0 Å². The van der Waals surface area contributed by atoms with Gasteiger partial charge in [-0.2, -0.15) is 0 Å². The Morgan fingerprint density at radius 1 is 1.40 bits per heavy atom. The van der Waals surface area contributed by atoms with Gasteiger partial charge in [0.1, 0.15) is 0 Å². The molecule has 0 radical (unpaired) electrons. The molecule has 0 aliphatic carbocycles. The SMILES string of the molecule is CC(=O)N1CCN(CC(C)c2nc(C(=O)O)cs2)CC1. The van der Waals surface area contributed by atoms with Crippen molar-refractivity contribution in [1.82, 2.24) is 14.8 Å². The third kappa shape index (κ3) is 3.55. The molecule has 20 heavy (non-hydrogen) atoms. The number of carboxylic acids is 1. The van der Waals surface area contributed by atoms with E-state index in [2.05, 4.69) is 16.8 Å². The van der Waals surface area contributed by atoms with Gasteiger partial charge >= 0.3 is 5.97 Å². The fourth-order valence-electron chi connectivity index (χ4n) is 2.32. The molecule has 0 spiro atoms. The minimum absolute atomic E-state index is 0.123. The predicted molar refractivity (Wildman–Crippen MR) is 76.2 cm³/mol. The Hall–Kier alpha value is -1.47. The highest BCUT2D eigenvalue weighted by Crippen LogP contribution is 2.21. The summed E-state index contributed by atoms with van der Waals surface area (Å²) in [5, 5.41) is 11.3. The molecule has 0 bridgehead atoms. The molecule has 110 valence electrons. The number of carboxylic acid groups (broad SMARTS) is 1. The maximum Gasteiger partial charge on any atom is 0.355 e. The number of thiazole rings is 1. The van der Waals surface area contributed by atoms with Crippen LogP contribution in [0.2, 0.25) is 0 Å². The summed E-state index contributed by atoms with van der Waals surface area (Å²) in [5.41, 5.74) is 0.123. The highest BCUT2D eigenvalue weighted by molar-refractivity contribution is 7.09. The van der Waals surface area contributed by atoms with Crippen molar-refractivity contribution < 1.29 is 14.7 Å². The van der Waals surface area contributed by atoms with Crippen molar-refractivity contribution in [1.29, 1.82) is 0 Å². The second-order valence-corrected chi connectivity index (χ2v) is 5.97. The van der Waals surface area contributed by atoms with E-state index in [0.29, 0.717) is 0 Å². The monoisotopic (exact) mass is 297 g/mol. The first-order valence-electron chi connectivity index (χ1n) is 6.64. The molecule has 1 aliphatic rings. The summed E-state index contributed by atoms with van der Waals surface area (Å²) in [6, 6.07) is 0. The number of rotatable bonds is 4. The number of nitrogens with zero attached hydrogens (tertiary/aromatic N) is 3. The Balaban J connectivity index is 1.87. The summed E-state index contributed by atoms with van der Waals surface area (Å²) in [6.07, 6.45) is 0. The van der Waals surface area contributed by atoms with Gasteiger partial charge < -0.3 is 10.0 Å². The molecule has 1 aliphatic heterocycles. The maximum atomic E-state index is 11.3. The Morgan fingerprint density at radius 3 is 2.55 bits per heavy atom. The van der Waals surface area contributed by atoms with Gasteiger partial charge in [0.2, 0.25) is 5.91 Å². The van der Waals surface area contributed by atoms with Crippen molar-refractivity contribution in [2.75, 3.05) is 32.7 Å². The van der Waals surface area contributed by atoms with Gasteiger partial charge in [-0.25, -0.2) is 9.78 Å². The average molecular weight is 297 g/mol. The second kappa shape index (κ2) is 6.32. The highest BCUT2D eigenvalue weighted by Gasteiger charge is 2.22. The van der Waals surface area contributed by atoms with Gasteiger partial charge in [-0.1, -0.05) is 6.92 Å². The van der Waals surface area contributed by atoms with Gasteiger partial charge in [-0.05, 0) is 0 Å². The molecule has 2 heterocycles. The lowest BCUT2D eigenvalue weighted by Gasteiger charge is -2.35. The van der Waals surface area contributed by atoms with E-state index in [-0.39, 0.29) is 17.5 Å². The molecular formula is C13H19N3O3S. The first-order chi connectivity index (χ1) is 9.47. The van der Waals surface area contributed by atoms with Crippen LogP contribution in [0.4, 0.5) is 0 Å². The zero-order valence-electron chi connectivity index (χ0n) is 11.7. The molecule has 0 saturated carbocycles. The van der Waals surface area contributed by atoms with Crippen LogP contribution in [0.15, 0.2) is 5.38 Å².